The normalized spacial score (nSPS) is 30.3. The molecule has 9 heteroatoms. The average Bonchev–Trinajstić information content (AvgIpc) is 3.45. The Morgan fingerprint density at radius 3 is 2.77 bits per heavy atom. The topological polar surface area (TPSA) is 57.0 Å². The molecule has 0 bridgehead atoms. The van der Waals surface area contributed by atoms with Gasteiger partial charge in [0.15, 0.2) is 5.54 Å². The van der Waals surface area contributed by atoms with E-state index in [9.17, 15) is 14.0 Å². The molecule has 1 aromatic carbocycles. The van der Waals surface area contributed by atoms with Crippen molar-refractivity contribution in [2.45, 2.75) is 16.2 Å². The highest BCUT2D eigenvalue weighted by molar-refractivity contribution is 8.25. The smallest absolute Gasteiger partial charge is 0.254 e. The molecular weight excluding hydrogens is 437 g/mol. The highest BCUT2D eigenvalue weighted by atomic mass is 32.2. The van der Waals surface area contributed by atoms with Gasteiger partial charge in [0.2, 0.25) is 5.91 Å². The maximum atomic E-state index is 14.5. The fourth-order valence-electron chi connectivity index (χ4n) is 5.40. The van der Waals surface area contributed by atoms with Gasteiger partial charge in [-0.05, 0) is 37.4 Å². The second-order valence-corrected chi connectivity index (χ2v) is 9.87. The van der Waals surface area contributed by atoms with Crippen molar-refractivity contribution in [3.05, 3.63) is 66.4 Å². The predicted molar refractivity (Wildman–Crippen MR) is 120 cm³/mol. The van der Waals surface area contributed by atoms with Crippen LogP contribution in [0.15, 0.2) is 53.7 Å². The Hall–Kier alpha value is -2.49. The minimum absolute atomic E-state index is 0.233. The molecule has 0 N–H and O–H groups in total. The van der Waals surface area contributed by atoms with E-state index in [-0.39, 0.29) is 18.4 Å². The van der Waals surface area contributed by atoms with Crippen molar-refractivity contribution in [1.82, 2.24) is 9.80 Å². The molecule has 2 amide bonds. The van der Waals surface area contributed by atoms with Gasteiger partial charge in [-0.25, -0.2) is 4.39 Å². The summed E-state index contributed by atoms with van der Waals surface area (Å²) in [4.78, 5) is 33.0. The molecule has 0 unspecified atom stereocenters. The lowest BCUT2D eigenvalue weighted by atomic mass is 9.73. The summed E-state index contributed by atoms with van der Waals surface area (Å²) in [6, 6.07) is 7.84. The van der Waals surface area contributed by atoms with Crippen molar-refractivity contribution in [2.75, 3.05) is 32.1 Å². The molecular formula is C22H20FN3O3S2. The van der Waals surface area contributed by atoms with E-state index in [1.807, 2.05) is 11.0 Å². The first-order valence-electron chi connectivity index (χ1n) is 9.79. The molecule has 2 fully saturated rings. The summed E-state index contributed by atoms with van der Waals surface area (Å²) in [5, 5.41) is 0. The number of carbonyl (C=O) groups excluding carboxylic acids is 2. The Morgan fingerprint density at radius 1 is 1.32 bits per heavy atom. The van der Waals surface area contributed by atoms with Gasteiger partial charge in [0.1, 0.15) is 20.6 Å². The number of hydrogen-bond acceptors (Lipinski definition) is 6. The number of thiocarbonyl (C=S) groups is 1. The van der Waals surface area contributed by atoms with Crippen LogP contribution in [0.25, 0.3) is 0 Å². The molecule has 160 valence electrons. The van der Waals surface area contributed by atoms with E-state index in [2.05, 4.69) is 6.58 Å². The summed E-state index contributed by atoms with van der Waals surface area (Å²) in [7, 11) is 3.45. The number of thioether (sulfide) groups is 1. The minimum Gasteiger partial charge on any atom is -0.469 e. The first-order chi connectivity index (χ1) is 14.8. The van der Waals surface area contributed by atoms with Crippen LogP contribution >= 0.6 is 24.0 Å². The summed E-state index contributed by atoms with van der Waals surface area (Å²) >= 11 is 6.80. The van der Waals surface area contributed by atoms with E-state index >= 15 is 0 Å². The van der Waals surface area contributed by atoms with Crippen LogP contribution in [0.1, 0.15) is 17.2 Å². The van der Waals surface area contributed by atoms with Gasteiger partial charge >= 0.3 is 0 Å². The molecule has 6 nitrogen and oxygen atoms in total. The highest BCUT2D eigenvalue weighted by Crippen LogP contribution is 2.66. The number of carbonyl (C=O) groups is 2. The highest BCUT2D eigenvalue weighted by Gasteiger charge is 2.79. The molecule has 2 spiro atoms. The molecule has 0 radical (unpaired) electrons. The molecule has 3 aliphatic heterocycles. The number of furan rings is 1. The molecule has 0 saturated carbocycles. The van der Waals surface area contributed by atoms with E-state index in [4.69, 9.17) is 16.6 Å². The van der Waals surface area contributed by atoms with Gasteiger partial charge in [0.05, 0.1) is 12.2 Å². The summed E-state index contributed by atoms with van der Waals surface area (Å²) in [5.41, 5.74) is -0.377. The summed E-state index contributed by atoms with van der Waals surface area (Å²) in [6.45, 7) is 4.34. The van der Waals surface area contributed by atoms with Gasteiger partial charge in [-0.3, -0.25) is 19.4 Å². The van der Waals surface area contributed by atoms with Gasteiger partial charge < -0.3 is 9.32 Å². The summed E-state index contributed by atoms with van der Waals surface area (Å²) in [6.07, 6.45) is 3.15. The van der Waals surface area contributed by atoms with Crippen molar-refractivity contribution in [3.8, 4) is 0 Å². The number of likely N-dealkylation sites (N-methyl/N-ethyl adjacent to an activating group) is 2. The average molecular weight is 458 g/mol. The predicted octanol–water partition coefficient (Wildman–Crippen LogP) is 3.10. The number of rotatable bonds is 3. The number of amides is 2. The Kier molecular flexibility index (Phi) is 4.45. The van der Waals surface area contributed by atoms with Crippen LogP contribution in [-0.4, -0.2) is 57.9 Å². The summed E-state index contributed by atoms with van der Waals surface area (Å²) < 4.78 is 19.3. The SMILES string of the molecule is C=CCN1C(=O)[C@@]2(SC1=S)[C@@H](c1ccco1)CN(C)[C@]21C(=O)N(C)c2ccc(F)cc21. The molecule has 2 saturated heterocycles. The third-order valence-electron chi connectivity index (χ3n) is 6.61. The van der Waals surface area contributed by atoms with Crippen molar-refractivity contribution in [1.29, 1.82) is 0 Å². The first kappa shape index (κ1) is 20.4. The Morgan fingerprint density at radius 2 is 2.10 bits per heavy atom. The number of halogens is 1. The maximum absolute atomic E-state index is 14.5. The lowest BCUT2D eigenvalue weighted by Crippen LogP contribution is -2.62. The van der Waals surface area contributed by atoms with Crippen molar-refractivity contribution >= 4 is 45.8 Å². The lowest BCUT2D eigenvalue weighted by molar-refractivity contribution is -0.138. The molecule has 4 heterocycles. The standard InChI is InChI=1S/C22H20FN3O3S2/c1-4-9-26-19(28)22(31-20(26)30)15(17-6-5-10-29-17)12-24(2)21(22)14-11-13(23)7-8-16(14)25(3)18(21)27/h4-8,10-11,15H,1,9,12H2,2-3H3/t15-,21-,22+/m1/s1. The van der Waals surface area contributed by atoms with Gasteiger partial charge in [-0.2, -0.15) is 0 Å². The molecule has 1 aromatic heterocycles. The largest absolute Gasteiger partial charge is 0.469 e. The fourth-order valence-corrected chi connectivity index (χ4v) is 7.52. The number of fused-ring (bicyclic) bond motifs is 3. The summed E-state index contributed by atoms with van der Waals surface area (Å²) in [5.74, 6) is -0.912. The van der Waals surface area contributed by atoms with E-state index in [1.165, 1.54) is 33.7 Å². The zero-order chi connectivity index (χ0) is 22.1. The minimum atomic E-state index is -1.43. The van der Waals surface area contributed by atoms with Crippen LogP contribution in [-0.2, 0) is 15.1 Å². The van der Waals surface area contributed by atoms with E-state index in [0.29, 0.717) is 27.9 Å². The number of anilines is 1. The van der Waals surface area contributed by atoms with E-state index < -0.39 is 22.0 Å². The third kappa shape index (κ3) is 2.29. The zero-order valence-corrected chi connectivity index (χ0v) is 18.6. The molecule has 2 aromatic rings. The molecule has 31 heavy (non-hydrogen) atoms. The Bertz CT molecular complexity index is 1140. The van der Waals surface area contributed by atoms with Gasteiger partial charge in [-0.15, -0.1) is 6.58 Å². The fraction of sp³-hybridized carbons (Fsp3) is 0.318. The Labute approximate surface area is 188 Å². The van der Waals surface area contributed by atoms with Crippen LogP contribution in [0.5, 0.6) is 0 Å². The lowest BCUT2D eigenvalue weighted by Gasteiger charge is -2.41. The van der Waals surface area contributed by atoms with Crippen molar-refractivity contribution in [2.24, 2.45) is 0 Å². The van der Waals surface area contributed by atoms with Crippen LogP contribution in [0.3, 0.4) is 0 Å². The quantitative estimate of drug-likeness (QED) is 0.522. The molecule has 3 aliphatic rings. The second kappa shape index (κ2) is 6.75. The van der Waals surface area contributed by atoms with E-state index in [0.717, 1.165) is 0 Å². The molecule has 0 aliphatic carbocycles. The van der Waals surface area contributed by atoms with Crippen LogP contribution in [0, 0.1) is 5.82 Å². The van der Waals surface area contributed by atoms with Crippen LogP contribution in [0.4, 0.5) is 10.1 Å². The van der Waals surface area contributed by atoms with Gasteiger partial charge in [0.25, 0.3) is 5.91 Å². The Balaban J connectivity index is 1.85. The number of nitrogens with zero attached hydrogens (tertiary/aromatic N) is 3. The van der Waals surface area contributed by atoms with Crippen molar-refractivity contribution < 1.29 is 18.4 Å². The zero-order valence-electron chi connectivity index (χ0n) is 17.0. The maximum Gasteiger partial charge on any atom is 0.254 e. The molecule has 5 rings (SSSR count). The second-order valence-electron chi connectivity index (χ2n) is 7.99. The van der Waals surface area contributed by atoms with Crippen molar-refractivity contribution in [3.63, 3.8) is 0 Å². The number of benzene rings is 1. The number of hydrogen-bond donors (Lipinski definition) is 0. The number of likely N-dealkylation sites (tertiary alicyclic amines) is 1. The third-order valence-corrected chi connectivity index (χ3v) is 8.55. The monoisotopic (exact) mass is 457 g/mol. The van der Waals surface area contributed by atoms with Gasteiger partial charge in [0, 0.05) is 31.4 Å². The van der Waals surface area contributed by atoms with Gasteiger partial charge in [-0.1, -0.05) is 30.1 Å². The van der Waals surface area contributed by atoms with Crippen LogP contribution < -0.4 is 4.90 Å². The van der Waals surface area contributed by atoms with E-state index in [1.54, 1.807) is 38.6 Å². The molecule has 3 atom stereocenters. The van der Waals surface area contributed by atoms with Crippen LogP contribution in [0.2, 0.25) is 0 Å². The first-order valence-corrected chi connectivity index (χ1v) is 11.0.